The van der Waals surface area contributed by atoms with Crippen molar-refractivity contribution in [2.45, 2.75) is 6.92 Å². The van der Waals surface area contributed by atoms with E-state index in [0.29, 0.717) is 0 Å². The maximum absolute atomic E-state index is 11.8. The van der Waals surface area contributed by atoms with E-state index in [9.17, 15) is 4.79 Å². The summed E-state index contributed by atoms with van der Waals surface area (Å²) in [7, 11) is 1.64. The molecule has 0 fully saturated rings. The van der Waals surface area contributed by atoms with Gasteiger partial charge in [-0.1, -0.05) is 18.2 Å². The Morgan fingerprint density at radius 3 is 2.48 bits per heavy atom. The van der Waals surface area contributed by atoms with Crippen molar-refractivity contribution in [3.8, 4) is 5.75 Å². The number of rotatable bonds is 4. The summed E-state index contributed by atoms with van der Waals surface area (Å²) in [6.07, 6.45) is 1.60. The van der Waals surface area contributed by atoms with Gasteiger partial charge < -0.3 is 10.1 Å². The first-order chi connectivity index (χ1) is 11.0. The van der Waals surface area contributed by atoms with Crippen LogP contribution in [0.15, 0.2) is 41.5 Å². The number of carbonyl (C=O) groups excluding carboxylic acids is 1. The fourth-order valence-electron chi connectivity index (χ4n) is 1.88. The van der Waals surface area contributed by atoms with Crippen LogP contribution in [-0.2, 0) is 0 Å². The number of nitrogens with one attached hydrogen (secondary N) is 2. The van der Waals surface area contributed by atoms with Crippen molar-refractivity contribution in [3.05, 3.63) is 54.7 Å². The largest absolute Gasteiger partial charge is 0.495 e. The molecule has 0 saturated carbocycles. The third kappa shape index (κ3) is 5.06. The summed E-state index contributed by atoms with van der Waals surface area (Å²) in [5, 5.41) is 6.72. The Kier molecular flexibility index (Phi) is 6.63. The Labute approximate surface area is 162 Å². The summed E-state index contributed by atoms with van der Waals surface area (Å²) in [5.41, 5.74) is 5.09. The van der Waals surface area contributed by atoms with Gasteiger partial charge in [-0.2, -0.15) is 5.10 Å². The van der Waals surface area contributed by atoms with Crippen LogP contribution in [0, 0.1) is 14.1 Å². The number of carbonyl (C=O) groups is 1. The molecule has 0 bridgehead atoms. The van der Waals surface area contributed by atoms with Crippen molar-refractivity contribution in [2.75, 3.05) is 12.4 Å². The Bertz CT molecular complexity index is 725. The fourth-order valence-corrected chi connectivity index (χ4v) is 4.13. The quantitative estimate of drug-likeness (QED) is 0.348. The van der Waals surface area contributed by atoms with E-state index in [1.54, 1.807) is 13.3 Å². The minimum Gasteiger partial charge on any atom is -0.495 e. The number of ether oxygens (including phenoxy) is 1. The SMILES string of the molecule is COc1c(I)cc(C=NNC(=O)Nc2ccccc2C)cc1I. The van der Waals surface area contributed by atoms with Crippen LogP contribution in [0.1, 0.15) is 11.1 Å². The molecule has 23 heavy (non-hydrogen) atoms. The summed E-state index contributed by atoms with van der Waals surface area (Å²) in [4.78, 5) is 11.8. The molecule has 0 unspecified atom stereocenters. The smallest absolute Gasteiger partial charge is 0.339 e. The second kappa shape index (κ2) is 8.48. The highest BCUT2D eigenvalue weighted by molar-refractivity contribution is 14.1. The maximum Gasteiger partial charge on any atom is 0.339 e. The molecule has 0 aliphatic rings. The monoisotopic (exact) mass is 535 g/mol. The van der Waals surface area contributed by atoms with Gasteiger partial charge in [0, 0.05) is 5.69 Å². The average Bonchev–Trinajstić information content (AvgIpc) is 2.49. The molecule has 2 N–H and O–H groups in total. The first-order valence-corrected chi connectivity index (χ1v) is 8.85. The van der Waals surface area contributed by atoms with Crippen LogP contribution in [0.2, 0.25) is 0 Å². The molecule has 0 heterocycles. The second-order valence-corrected chi connectivity index (χ2v) is 6.98. The molecule has 2 amide bonds. The molecule has 2 rings (SSSR count). The molecule has 0 spiro atoms. The van der Waals surface area contributed by atoms with Crippen molar-refractivity contribution >= 4 is 63.1 Å². The van der Waals surface area contributed by atoms with Gasteiger partial charge in [-0.25, -0.2) is 10.2 Å². The first kappa shape index (κ1) is 18.0. The van der Waals surface area contributed by atoms with Crippen LogP contribution in [0.5, 0.6) is 5.75 Å². The number of halogens is 2. The van der Waals surface area contributed by atoms with Crippen LogP contribution in [0.4, 0.5) is 10.5 Å². The lowest BCUT2D eigenvalue weighted by Crippen LogP contribution is -2.24. The zero-order valence-corrected chi connectivity index (χ0v) is 16.9. The van der Waals surface area contributed by atoms with Gasteiger partial charge in [0.15, 0.2) is 0 Å². The first-order valence-electron chi connectivity index (χ1n) is 6.70. The maximum atomic E-state index is 11.8. The minimum absolute atomic E-state index is 0.381. The van der Waals surface area contributed by atoms with Gasteiger partial charge in [0.05, 0.1) is 20.5 Å². The number of hydrogen-bond donors (Lipinski definition) is 2. The number of aryl methyl sites for hydroxylation is 1. The van der Waals surface area contributed by atoms with Crippen LogP contribution in [0.25, 0.3) is 0 Å². The Balaban J connectivity index is 1.99. The van der Waals surface area contributed by atoms with E-state index in [2.05, 4.69) is 61.0 Å². The Hall–Kier alpha value is -1.36. The molecule has 0 aliphatic heterocycles. The van der Waals surface area contributed by atoms with E-state index in [-0.39, 0.29) is 6.03 Å². The number of hydrogen-bond acceptors (Lipinski definition) is 3. The van der Waals surface area contributed by atoms with E-state index >= 15 is 0 Å². The molecule has 5 nitrogen and oxygen atoms in total. The number of anilines is 1. The van der Waals surface area contributed by atoms with Crippen LogP contribution >= 0.6 is 45.2 Å². The van der Waals surface area contributed by atoms with Crippen molar-refractivity contribution in [3.63, 3.8) is 0 Å². The fraction of sp³-hybridized carbons (Fsp3) is 0.125. The lowest BCUT2D eigenvalue weighted by Gasteiger charge is -2.08. The zero-order chi connectivity index (χ0) is 16.8. The van der Waals surface area contributed by atoms with E-state index in [0.717, 1.165) is 29.7 Å². The third-order valence-corrected chi connectivity index (χ3v) is 4.60. The topological polar surface area (TPSA) is 62.7 Å². The molecule has 0 saturated heterocycles. The van der Waals surface area contributed by atoms with E-state index in [4.69, 9.17) is 4.74 Å². The number of para-hydroxylation sites is 1. The number of amides is 2. The molecule has 0 aromatic heterocycles. The molecular formula is C16H15I2N3O2. The normalized spacial score (nSPS) is 10.6. The van der Waals surface area contributed by atoms with Crippen molar-refractivity contribution in [1.29, 1.82) is 0 Å². The lowest BCUT2D eigenvalue weighted by atomic mass is 10.2. The number of methoxy groups -OCH3 is 1. The highest BCUT2D eigenvalue weighted by Gasteiger charge is 2.07. The number of nitrogens with zero attached hydrogens (tertiary/aromatic N) is 1. The predicted molar refractivity (Wildman–Crippen MR) is 109 cm³/mol. The average molecular weight is 535 g/mol. The van der Waals surface area contributed by atoms with Crippen molar-refractivity contribution < 1.29 is 9.53 Å². The highest BCUT2D eigenvalue weighted by atomic mass is 127. The van der Waals surface area contributed by atoms with Gasteiger partial charge in [0.25, 0.3) is 0 Å². The molecule has 120 valence electrons. The van der Waals surface area contributed by atoms with Gasteiger partial charge in [0.1, 0.15) is 5.75 Å². The molecular weight excluding hydrogens is 520 g/mol. The minimum atomic E-state index is -0.381. The van der Waals surface area contributed by atoms with Crippen LogP contribution in [0.3, 0.4) is 0 Å². The highest BCUT2D eigenvalue weighted by Crippen LogP contribution is 2.27. The molecule has 7 heteroatoms. The predicted octanol–water partition coefficient (Wildman–Crippen LogP) is 4.37. The zero-order valence-electron chi connectivity index (χ0n) is 12.6. The van der Waals surface area contributed by atoms with Crippen molar-refractivity contribution in [2.24, 2.45) is 5.10 Å². The third-order valence-electron chi connectivity index (χ3n) is 3.00. The summed E-state index contributed by atoms with van der Waals surface area (Å²) in [5.74, 6) is 0.841. The van der Waals surface area contributed by atoms with Gasteiger partial charge in [-0.15, -0.1) is 0 Å². The van der Waals surface area contributed by atoms with Gasteiger partial charge in [0.2, 0.25) is 0 Å². The summed E-state index contributed by atoms with van der Waals surface area (Å²) >= 11 is 4.41. The molecule has 2 aromatic rings. The molecule has 0 atom stereocenters. The Morgan fingerprint density at radius 2 is 1.87 bits per heavy atom. The lowest BCUT2D eigenvalue weighted by molar-refractivity contribution is 0.252. The van der Waals surface area contributed by atoms with Gasteiger partial charge >= 0.3 is 6.03 Å². The summed E-state index contributed by atoms with van der Waals surface area (Å²) in [6, 6.07) is 11.1. The van der Waals surface area contributed by atoms with E-state index < -0.39 is 0 Å². The standard InChI is InChI=1S/C16H15I2N3O2/c1-10-5-3-4-6-14(10)20-16(22)21-19-9-11-7-12(17)15(23-2)13(18)8-11/h3-9H,1-2H3,(H2,20,21,22). The summed E-state index contributed by atoms with van der Waals surface area (Å²) < 4.78 is 7.29. The molecule has 0 radical (unpaired) electrons. The van der Waals surface area contributed by atoms with E-state index in [1.807, 2.05) is 43.3 Å². The van der Waals surface area contributed by atoms with Gasteiger partial charge in [-0.3, -0.25) is 0 Å². The summed E-state index contributed by atoms with van der Waals surface area (Å²) in [6.45, 7) is 1.93. The Morgan fingerprint density at radius 1 is 1.22 bits per heavy atom. The number of benzene rings is 2. The second-order valence-electron chi connectivity index (χ2n) is 4.66. The molecule has 0 aliphatic carbocycles. The number of hydrazone groups is 1. The molecule has 2 aromatic carbocycles. The number of urea groups is 1. The van der Waals surface area contributed by atoms with E-state index in [1.165, 1.54) is 0 Å². The van der Waals surface area contributed by atoms with Crippen LogP contribution < -0.4 is 15.5 Å². The van der Waals surface area contributed by atoms with Gasteiger partial charge in [-0.05, 0) is 81.4 Å². The van der Waals surface area contributed by atoms with Crippen molar-refractivity contribution in [1.82, 2.24) is 5.43 Å². The van der Waals surface area contributed by atoms with Crippen LogP contribution in [-0.4, -0.2) is 19.4 Å².